The van der Waals surface area contributed by atoms with Crippen molar-refractivity contribution in [2.75, 3.05) is 0 Å². The van der Waals surface area contributed by atoms with Gasteiger partial charge in [0.2, 0.25) is 0 Å². The van der Waals surface area contributed by atoms with E-state index in [1.165, 1.54) is 0 Å². The quantitative estimate of drug-likeness (QED) is 0.415. The second kappa shape index (κ2) is 3.54. The van der Waals surface area contributed by atoms with Crippen LogP contribution in [0.2, 0.25) is 0 Å². The van der Waals surface area contributed by atoms with Crippen molar-refractivity contribution in [2.45, 2.75) is 0 Å². The van der Waals surface area contributed by atoms with Crippen LogP contribution in [0.15, 0.2) is 17.1 Å². The summed E-state index contributed by atoms with van der Waals surface area (Å²) in [4.78, 5) is 10.2. The first-order valence-corrected chi connectivity index (χ1v) is 4.87. The van der Waals surface area contributed by atoms with Crippen LogP contribution in [0.5, 0.6) is 0 Å². The van der Waals surface area contributed by atoms with Gasteiger partial charge >= 0.3 is 0 Å². The van der Waals surface area contributed by atoms with E-state index in [4.69, 9.17) is 23.2 Å². The maximum Gasteiger partial charge on any atom is 0.156 e. The molecule has 3 nitrogen and oxygen atoms in total. The van der Waals surface area contributed by atoms with Crippen molar-refractivity contribution in [3.8, 4) is 0 Å². The average molecular weight is 291 g/mol. The molecule has 1 aliphatic rings. The van der Waals surface area contributed by atoms with Crippen LogP contribution in [0.25, 0.3) is 0 Å². The molecule has 0 aromatic heterocycles. The molecule has 0 aromatic carbocycles. The molecule has 0 N–H and O–H groups in total. The number of halogens is 3. The van der Waals surface area contributed by atoms with Gasteiger partial charge in [0.05, 0.1) is 5.57 Å². The molecule has 1 aliphatic heterocycles. The molecule has 0 fully saturated rings. The summed E-state index contributed by atoms with van der Waals surface area (Å²) in [5, 5.41) is 0.366. The fourth-order valence-electron chi connectivity index (χ4n) is 0.359. The van der Waals surface area contributed by atoms with Gasteiger partial charge in [0.25, 0.3) is 0 Å². The highest BCUT2D eigenvalue weighted by Gasteiger charge is 2.11. The molecule has 0 spiro atoms. The number of allylic oxidation sites excluding steroid dienone is 1. The molecule has 0 atom stereocenters. The van der Waals surface area contributed by atoms with Gasteiger partial charge in [-0.1, -0.05) is 23.2 Å². The Bertz CT molecular complexity index is 258. The van der Waals surface area contributed by atoms with Gasteiger partial charge in [0.1, 0.15) is 31.6 Å². The van der Waals surface area contributed by atoms with E-state index in [0.29, 0.717) is 6.29 Å². The Kier molecular flexibility index (Phi) is 2.94. The molecule has 10 heavy (non-hydrogen) atoms. The van der Waals surface area contributed by atoms with Crippen molar-refractivity contribution in [3.05, 3.63) is 10.7 Å². The zero-order valence-corrected chi connectivity index (χ0v) is 8.18. The second-order valence-electron chi connectivity index (χ2n) is 1.36. The minimum Gasteiger partial charge on any atom is -0.298 e. The summed E-state index contributed by atoms with van der Waals surface area (Å²) in [5.74, 6) is 0. The van der Waals surface area contributed by atoms with Crippen LogP contribution >= 0.6 is 44.5 Å². The molecule has 6 heteroatoms. The van der Waals surface area contributed by atoms with Crippen LogP contribution in [0, 0.1) is 0 Å². The average Bonchev–Trinajstić information content (AvgIpc) is 1.88. The molecule has 0 aromatic rings. The highest BCUT2D eigenvalue weighted by molar-refractivity contribution is 14.1. The molecule has 1 heterocycles. The van der Waals surface area contributed by atoms with Gasteiger partial charge in [-0.25, -0.2) is 0 Å². The third kappa shape index (κ3) is 1.62. The Morgan fingerprint density at radius 3 is 2.60 bits per heavy atom. The largest absolute Gasteiger partial charge is 0.298 e. The van der Waals surface area contributed by atoms with Gasteiger partial charge in [0, 0.05) is 0 Å². The Morgan fingerprint density at radius 2 is 2.20 bits per heavy atom. The molecule has 0 radical (unpaired) electrons. The monoisotopic (exact) mass is 290 g/mol. The zero-order chi connectivity index (χ0) is 7.56. The molecule has 1 rings (SSSR count). The van der Waals surface area contributed by atoms with E-state index in [2.05, 4.69) is 6.35 Å². The molecule has 0 saturated carbocycles. The fourth-order valence-corrected chi connectivity index (χ4v) is 2.06. The fraction of sp³-hybridized carbons (Fsp3) is 0. The summed E-state index contributed by atoms with van der Waals surface area (Å²) >= 11 is 10.4. The van der Waals surface area contributed by atoms with Gasteiger partial charge in [-0.3, -0.25) is 4.79 Å². The number of carbonyl (C=O) groups excluding carboxylic acids is 1. The summed E-state index contributed by atoms with van der Waals surface area (Å²) in [5.41, 5.74) is 0.189. The maximum atomic E-state index is 10.2. The second-order valence-corrected chi connectivity index (χ2v) is 3.47. The summed E-state index contributed by atoms with van der Waals surface area (Å²) in [6, 6.07) is 0. The summed E-state index contributed by atoms with van der Waals surface area (Å²) < 4.78 is 7.57. The van der Waals surface area contributed by atoms with E-state index in [-0.39, 0.29) is 15.9 Å². The van der Waals surface area contributed by atoms with Crippen molar-refractivity contribution in [1.29, 1.82) is 0 Å². The van der Waals surface area contributed by atoms with Gasteiger partial charge in [-0.2, -0.15) is 6.35 Å². The summed E-state index contributed by atoms with van der Waals surface area (Å²) in [6.45, 7) is 0. The van der Waals surface area contributed by atoms with Crippen LogP contribution in [-0.4, -0.2) is 11.5 Å². The van der Waals surface area contributed by atoms with E-state index in [9.17, 15) is 4.79 Å². The SMILES string of the molecule is O=CC1=C(Cl)N=IN=C1Cl. The molecule has 0 amide bonds. The smallest absolute Gasteiger partial charge is 0.156 e. The van der Waals surface area contributed by atoms with E-state index < -0.39 is 21.3 Å². The minimum absolute atomic E-state index is 0.183. The minimum atomic E-state index is -0.667. The number of hydrogen-bond acceptors (Lipinski definition) is 3. The lowest BCUT2D eigenvalue weighted by Gasteiger charge is -1.98. The third-order valence-corrected chi connectivity index (χ3v) is 3.33. The number of nitrogens with zero attached hydrogens (tertiary/aromatic N) is 2. The predicted molar refractivity (Wildman–Crippen MR) is 48.7 cm³/mol. The van der Waals surface area contributed by atoms with E-state index in [1.807, 2.05) is 0 Å². The van der Waals surface area contributed by atoms with Gasteiger partial charge in [0.15, 0.2) is 6.29 Å². The summed E-state index contributed by atoms with van der Waals surface area (Å²) in [6.07, 6.45) is 0.556. The van der Waals surface area contributed by atoms with Crippen molar-refractivity contribution in [2.24, 2.45) is 6.35 Å². The lowest BCUT2D eigenvalue weighted by Crippen LogP contribution is -1.97. The lowest BCUT2D eigenvalue weighted by atomic mass is 10.3. The topological polar surface area (TPSA) is 41.8 Å². The van der Waals surface area contributed by atoms with Crippen LogP contribution in [-0.2, 0) is 4.79 Å². The van der Waals surface area contributed by atoms with Crippen LogP contribution in [0.1, 0.15) is 0 Å². The van der Waals surface area contributed by atoms with Crippen molar-refractivity contribution in [3.63, 3.8) is 0 Å². The molecular formula is C4HCl2IN2O. The number of rotatable bonds is 1. The van der Waals surface area contributed by atoms with E-state index in [0.717, 1.165) is 0 Å². The Balaban J connectivity index is 3.13. The number of aldehydes is 1. The molecule has 0 aliphatic carbocycles. The first-order valence-electron chi connectivity index (χ1n) is 2.19. The Hall–Kier alpha value is 0.190. The van der Waals surface area contributed by atoms with Gasteiger partial charge in [-0.15, -0.1) is 0 Å². The third-order valence-electron chi connectivity index (χ3n) is 0.786. The zero-order valence-electron chi connectivity index (χ0n) is 4.51. The number of hydrogen-bond donors (Lipinski definition) is 0. The standard InChI is InChI=1S/C4HCl2IN2O/c5-3-2(1-10)4(6)9-7-8-3/h1H. The highest BCUT2D eigenvalue weighted by atomic mass is 127. The van der Waals surface area contributed by atoms with Crippen molar-refractivity contribution >= 4 is 56.0 Å². The van der Waals surface area contributed by atoms with Gasteiger partial charge < -0.3 is 0 Å². The lowest BCUT2D eigenvalue weighted by molar-refractivity contribution is -0.104. The maximum absolute atomic E-state index is 10.2. The Labute approximate surface area is 77.6 Å². The highest BCUT2D eigenvalue weighted by Crippen LogP contribution is 2.24. The Morgan fingerprint density at radius 1 is 1.50 bits per heavy atom. The first kappa shape index (κ1) is 8.29. The molecule has 0 unspecified atom stereocenters. The van der Waals surface area contributed by atoms with E-state index >= 15 is 0 Å². The first-order chi connectivity index (χ1) is 4.75. The van der Waals surface area contributed by atoms with Crippen LogP contribution in [0.3, 0.4) is 0 Å². The van der Waals surface area contributed by atoms with Gasteiger partial charge in [-0.05, 0) is 0 Å². The normalized spacial score (nSPS) is 18.0. The molecule has 54 valence electrons. The van der Waals surface area contributed by atoms with E-state index in [1.54, 1.807) is 0 Å². The van der Waals surface area contributed by atoms with Crippen molar-refractivity contribution in [1.82, 2.24) is 0 Å². The van der Waals surface area contributed by atoms with Crippen LogP contribution in [0.4, 0.5) is 0 Å². The molecule has 0 saturated heterocycles. The van der Waals surface area contributed by atoms with Crippen molar-refractivity contribution < 1.29 is 4.79 Å². The predicted octanol–water partition coefficient (Wildman–Crippen LogP) is 2.36. The molecule has 0 bridgehead atoms. The summed E-state index contributed by atoms with van der Waals surface area (Å²) in [7, 11) is 0. The van der Waals surface area contributed by atoms with Crippen LogP contribution < -0.4 is 0 Å². The molecular weight excluding hydrogens is 290 g/mol. The number of carbonyl (C=O) groups is 1.